The Morgan fingerprint density at radius 1 is 1.35 bits per heavy atom. The molecule has 0 aliphatic carbocycles. The number of hydrogen-bond donors (Lipinski definition) is 1. The van der Waals surface area contributed by atoms with E-state index in [9.17, 15) is 4.79 Å². The van der Waals surface area contributed by atoms with Crippen LogP contribution in [-0.2, 0) is 10.6 Å². The van der Waals surface area contributed by atoms with Gasteiger partial charge >= 0.3 is 0 Å². The first kappa shape index (κ1) is 15.3. The van der Waals surface area contributed by atoms with Gasteiger partial charge in [0.25, 0.3) is 5.91 Å². The monoisotopic (exact) mass is 296 g/mol. The first-order valence-electron chi connectivity index (χ1n) is 6.95. The van der Waals surface area contributed by atoms with Gasteiger partial charge in [-0.1, -0.05) is 12.1 Å². The summed E-state index contributed by atoms with van der Waals surface area (Å²) in [5.74, 6) is 0.432. The number of rotatable bonds is 5. The van der Waals surface area contributed by atoms with Gasteiger partial charge in [-0.05, 0) is 24.6 Å². The summed E-state index contributed by atoms with van der Waals surface area (Å²) in [5.41, 5.74) is 1.69. The van der Waals surface area contributed by atoms with Crippen molar-refractivity contribution in [3.8, 4) is 0 Å². The number of nitrogens with zero attached hydrogens (tertiary/aromatic N) is 1. The molecule has 1 atom stereocenters. The maximum absolute atomic E-state index is 12.1. The molecule has 0 bridgehead atoms. The predicted molar refractivity (Wildman–Crippen MR) is 80.2 cm³/mol. The summed E-state index contributed by atoms with van der Waals surface area (Å²) in [5, 5.41) is 3.03. The van der Waals surface area contributed by atoms with Gasteiger partial charge in [0.2, 0.25) is 0 Å². The van der Waals surface area contributed by atoms with E-state index in [4.69, 9.17) is 16.3 Å². The summed E-state index contributed by atoms with van der Waals surface area (Å²) in [4.78, 5) is 14.4. The smallest absolute Gasteiger partial charge is 0.251 e. The number of nitrogens with one attached hydrogen (secondary N) is 1. The molecule has 1 heterocycles. The lowest BCUT2D eigenvalue weighted by Gasteiger charge is -2.29. The van der Waals surface area contributed by atoms with E-state index in [-0.39, 0.29) is 11.9 Å². The summed E-state index contributed by atoms with van der Waals surface area (Å²) in [6.45, 7) is 6.31. The van der Waals surface area contributed by atoms with E-state index >= 15 is 0 Å². The van der Waals surface area contributed by atoms with Crippen LogP contribution in [0.2, 0.25) is 0 Å². The molecule has 1 saturated heterocycles. The Kier molecular flexibility index (Phi) is 5.83. The Balaban J connectivity index is 1.82. The third-order valence-corrected chi connectivity index (χ3v) is 3.69. The number of alkyl halides is 1. The minimum Gasteiger partial charge on any atom is -0.379 e. The molecule has 4 nitrogen and oxygen atoms in total. The van der Waals surface area contributed by atoms with E-state index in [0.29, 0.717) is 11.4 Å². The fourth-order valence-corrected chi connectivity index (χ4v) is 2.45. The second-order valence-corrected chi connectivity index (χ2v) is 5.39. The number of carbonyl (C=O) groups excluding carboxylic acids is 1. The number of amides is 1. The van der Waals surface area contributed by atoms with Gasteiger partial charge in [0.15, 0.2) is 0 Å². The van der Waals surface area contributed by atoms with E-state index in [0.717, 1.165) is 38.4 Å². The van der Waals surface area contributed by atoms with Crippen LogP contribution in [0.25, 0.3) is 0 Å². The Morgan fingerprint density at radius 2 is 2.00 bits per heavy atom. The Labute approximate surface area is 125 Å². The second kappa shape index (κ2) is 7.62. The van der Waals surface area contributed by atoms with Crippen LogP contribution in [-0.4, -0.2) is 49.7 Å². The molecule has 0 radical (unpaired) electrons. The highest BCUT2D eigenvalue weighted by atomic mass is 35.5. The van der Waals surface area contributed by atoms with Crippen molar-refractivity contribution in [2.45, 2.75) is 18.8 Å². The summed E-state index contributed by atoms with van der Waals surface area (Å²) >= 11 is 5.74. The zero-order valence-corrected chi connectivity index (χ0v) is 12.5. The van der Waals surface area contributed by atoms with Crippen LogP contribution in [0.15, 0.2) is 24.3 Å². The van der Waals surface area contributed by atoms with Crippen molar-refractivity contribution in [3.05, 3.63) is 35.4 Å². The maximum atomic E-state index is 12.1. The fourth-order valence-electron chi connectivity index (χ4n) is 2.27. The summed E-state index contributed by atoms with van der Waals surface area (Å²) in [6, 6.07) is 7.51. The fraction of sp³-hybridized carbons (Fsp3) is 0.533. The summed E-state index contributed by atoms with van der Waals surface area (Å²) < 4.78 is 5.31. The molecule has 1 unspecified atom stereocenters. The van der Waals surface area contributed by atoms with Gasteiger partial charge in [-0.25, -0.2) is 0 Å². The van der Waals surface area contributed by atoms with Crippen LogP contribution < -0.4 is 5.32 Å². The molecule has 1 aliphatic rings. The quantitative estimate of drug-likeness (QED) is 0.844. The highest BCUT2D eigenvalue weighted by molar-refractivity contribution is 6.17. The lowest BCUT2D eigenvalue weighted by atomic mass is 10.1. The number of halogens is 1. The second-order valence-electron chi connectivity index (χ2n) is 5.12. The van der Waals surface area contributed by atoms with E-state index < -0.39 is 0 Å². The number of carbonyl (C=O) groups is 1. The lowest BCUT2D eigenvalue weighted by Crippen LogP contribution is -2.46. The van der Waals surface area contributed by atoms with Gasteiger partial charge in [0.05, 0.1) is 13.2 Å². The summed E-state index contributed by atoms with van der Waals surface area (Å²) in [6.07, 6.45) is 0. The Morgan fingerprint density at radius 3 is 2.60 bits per heavy atom. The van der Waals surface area contributed by atoms with E-state index in [1.54, 1.807) is 0 Å². The predicted octanol–water partition coefficient (Wildman–Crippen LogP) is 1.88. The topological polar surface area (TPSA) is 41.6 Å². The molecule has 1 N–H and O–H groups in total. The molecule has 5 heteroatoms. The van der Waals surface area contributed by atoms with Gasteiger partial charge in [-0.3, -0.25) is 9.69 Å². The van der Waals surface area contributed by atoms with Crippen molar-refractivity contribution in [2.75, 3.05) is 32.8 Å². The van der Waals surface area contributed by atoms with Gasteiger partial charge in [-0.2, -0.15) is 0 Å². The third-order valence-electron chi connectivity index (χ3n) is 3.38. The molecule has 110 valence electrons. The van der Waals surface area contributed by atoms with Crippen molar-refractivity contribution >= 4 is 17.5 Å². The average molecular weight is 297 g/mol. The molecule has 0 spiro atoms. The van der Waals surface area contributed by atoms with Gasteiger partial charge in [0, 0.05) is 37.1 Å². The molecule has 1 fully saturated rings. The number of morpholine rings is 1. The van der Waals surface area contributed by atoms with Crippen molar-refractivity contribution in [1.29, 1.82) is 0 Å². The highest BCUT2D eigenvalue weighted by Gasteiger charge is 2.15. The zero-order chi connectivity index (χ0) is 14.4. The lowest BCUT2D eigenvalue weighted by molar-refractivity contribution is 0.0342. The van der Waals surface area contributed by atoms with Crippen LogP contribution >= 0.6 is 11.6 Å². The molecule has 1 aromatic carbocycles. The maximum Gasteiger partial charge on any atom is 0.251 e. The Hall–Kier alpha value is -1.10. The average Bonchev–Trinajstić information content (AvgIpc) is 2.48. The Bertz CT molecular complexity index is 430. The van der Waals surface area contributed by atoms with Crippen LogP contribution in [0.4, 0.5) is 0 Å². The minimum absolute atomic E-state index is 0.0353. The van der Waals surface area contributed by atoms with E-state index in [2.05, 4.69) is 10.2 Å². The molecule has 1 aliphatic heterocycles. The molecular weight excluding hydrogens is 276 g/mol. The third kappa shape index (κ3) is 4.47. The van der Waals surface area contributed by atoms with Crippen LogP contribution in [0.5, 0.6) is 0 Å². The van der Waals surface area contributed by atoms with Crippen LogP contribution in [0.3, 0.4) is 0 Å². The normalized spacial score (nSPS) is 17.7. The van der Waals surface area contributed by atoms with E-state index in [1.807, 2.05) is 31.2 Å². The van der Waals surface area contributed by atoms with Gasteiger partial charge < -0.3 is 10.1 Å². The molecule has 0 aromatic heterocycles. The first-order valence-corrected chi connectivity index (χ1v) is 7.48. The van der Waals surface area contributed by atoms with Crippen molar-refractivity contribution in [3.63, 3.8) is 0 Å². The van der Waals surface area contributed by atoms with Crippen molar-refractivity contribution in [2.24, 2.45) is 0 Å². The molecule has 20 heavy (non-hydrogen) atoms. The van der Waals surface area contributed by atoms with Crippen LogP contribution in [0.1, 0.15) is 22.8 Å². The standard InChI is InChI=1S/C15H21ClN2O2/c1-12(11-18-6-8-20-9-7-18)17-15(19)14-4-2-13(10-16)3-5-14/h2-5,12H,6-11H2,1H3,(H,17,19). The molecule has 0 saturated carbocycles. The minimum atomic E-state index is -0.0353. The van der Waals surface area contributed by atoms with E-state index in [1.165, 1.54) is 0 Å². The van der Waals surface area contributed by atoms with Gasteiger partial charge in [-0.15, -0.1) is 11.6 Å². The molecule has 2 rings (SSSR count). The highest BCUT2D eigenvalue weighted by Crippen LogP contribution is 2.07. The molecule has 1 aromatic rings. The SMILES string of the molecule is CC(CN1CCOCC1)NC(=O)c1ccc(CCl)cc1. The van der Waals surface area contributed by atoms with Crippen molar-refractivity contribution < 1.29 is 9.53 Å². The first-order chi connectivity index (χ1) is 9.69. The zero-order valence-electron chi connectivity index (χ0n) is 11.8. The van der Waals surface area contributed by atoms with Crippen LogP contribution in [0, 0.1) is 0 Å². The number of benzene rings is 1. The largest absolute Gasteiger partial charge is 0.379 e. The summed E-state index contributed by atoms with van der Waals surface area (Å²) in [7, 11) is 0. The number of hydrogen-bond acceptors (Lipinski definition) is 3. The number of ether oxygens (including phenoxy) is 1. The molecule has 1 amide bonds. The molecular formula is C15H21ClN2O2. The van der Waals surface area contributed by atoms with Crippen molar-refractivity contribution in [1.82, 2.24) is 10.2 Å². The van der Waals surface area contributed by atoms with Gasteiger partial charge in [0.1, 0.15) is 0 Å².